The van der Waals surface area contributed by atoms with Gasteiger partial charge in [-0.15, -0.1) is 0 Å². The van der Waals surface area contributed by atoms with E-state index in [1.54, 1.807) is 12.1 Å². The number of nitrogens with one attached hydrogen (secondary N) is 1. The molecule has 2 aromatic carbocycles. The molecule has 0 spiro atoms. The Morgan fingerprint density at radius 3 is 2.28 bits per heavy atom. The van der Waals surface area contributed by atoms with Crippen LogP contribution in [0.3, 0.4) is 0 Å². The SMILES string of the molecule is CC(C(=O)c1cccc(C(N)=O)c1C1CCNCC1)c1ccccc1. The predicted octanol–water partition coefficient (Wildman–Crippen LogP) is 3.24. The first-order valence-corrected chi connectivity index (χ1v) is 8.82. The maximum absolute atomic E-state index is 13.2. The molecule has 0 aromatic heterocycles. The minimum Gasteiger partial charge on any atom is -0.366 e. The van der Waals surface area contributed by atoms with Gasteiger partial charge in [-0.3, -0.25) is 9.59 Å². The first-order chi connectivity index (χ1) is 12.1. The van der Waals surface area contributed by atoms with Crippen LogP contribution in [0.15, 0.2) is 48.5 Å². The fourth-order valence-electron chi connectivity index (χ4n) is 3.67. The maximum Gasteiger partial charge on any atom is 0.249 e. The highest BCUT2D eigenvalue weighted by Crippen LogP contribution is 2.33. The number of hydrogen-bond acceptors (Lipinski definition) is 3. The lowest BCUT2D eigenvalue weighted by molar-refractivity contribution is 0.0964. The van der Waals surface area contributed by atoms with Gasteiger partial charge in [-0.05, 0) is 49.0 Å². The van der Waals surface area contributed by atoms with E-state index in [2.05, 4.69) is 5.32 Å². The fraction of sp³-hybridized carbons (Fsp3) is 0.333. The molecule has 4 heteroatoms. The van der Waals surface area contributed by atoms with E-state index in [0.717, 1.165) is 37.1 Å². The van der Waals surface area contributed by atoms with Crippen LogP contribution in [0.1, 0.15) is 63.4 Å². The van der Waals surface area contributed by atoms with Crippen LogP contribution in [0.4, 0.5) is 0 Å². The second-order valence-corrected chi connectivity index (χ2v) is 6.65. The highest BCUT2D eigenvalue weighted by Gasteiger charge is 2.28. The third kappa shape index (κ3) is 3.64. The van der Waals surface area contributed by atoms with Crippen LogP contribution in [0.5, 0.6) is 0 Å². The van der Waals surface area contributed by atoms with E-state index >= 15 is 0 Å². The number of carbonyl (C=O) groups is 2. The van der Waals surface area contributed by atoms with E-state index in [-0.39, 0.29) is 17.6 Å². The minimum absolute atomic E-state index is 0.0443. The van der Waals surface area contributed by atoms with Crippen molar-refractivity contribution in [2.24, 2.45) is 5.73 Å². The molecule has 4 nitrogen and oxygen atoms in total. The first kappa shape index (κ1) is 17.4. The number of hydrogen-bond donors (Lipinski definition) is 2. The Hall–Kier alpha value is -2.46. The molecule has 1 heterocycles. The van der Waals surface area contributed by atoms with E-state index in [1.807, 2.05) is 43.3 Å². The largest absolute Gasteiger partial charge is 0.366 e. The van der Waals surface area contributed by atoms with Gasteiger partial charge in [0.15, 0.2) is 5.78 Å². The second kappa shape index (κ2) is 7.62. The summed E-state index contributed by atoms with van der Waals surface area (Å²) >= 11 is 0. The average molecular weight is 336 g/mol. The molecule has 0 radical (unpaired) electrons. The van der Waals surface area contributed by atoms with Crippen LogP contribution in [0.2, 0.25) is 0 Å². The highest BCUT2D eigenvalue weighted by atomic mass is 16.1. The molecule has 25 heavy (non-hydrogen) atoms. The number of rotatable bonds is 5. The molecular weight excluding hydrogens is 312 g/mol. The van der Waals surface area contributed by atoms with Gasteiger partial charge >= 0.3 is 0 Å². The van der Waals surface area contributed by atoms with Crippen LogP contribution in [-0.4, -0.2) is 24.8 Å². The van der Waals surface area contributed by atoms with E-state index in [0.29, 0.717) is 11.1 Å². The molecule has 3 rings (SSSR count). The normalized spacial score (nSPS) is 16.4. The summed E-state index contributed by atoms with van der Waals surface area (Å²) in [7, 11) is 0. The van der Waals surface area contributed by atoms with Crippen LogP contribution in [0, 0.1) is 0 Å². The molecular formula is C21H24N2O2. The maximum atomic E-state index is 13.2. The summed E-state index contributed by atoms with van der Waals surface area (Å²) in [5.41, 5.74) is 8.55. The van der Waals surface area contributed by atoms with Crippen molar-refractivity contribution in [2.75, 3.05) is 13.1 Å². The molecule has 130 valence electrons. The summed E-state index contributed by atoms with van der Waals surface area (Å²) < 4.78 is 0. The fourth-order valence-corrected chi connectivity index (χ4v) is 3.67. The molecule has 1 fully saturated rings. The standard InChI is InChI=1S/C21H24N2O2/c1-14(15-6-3-2-4-7-15)20(24)17-8-5-9-18(21(22)25)19(17)16-10-12-23-13-11-16/h2-9,14,16,23H,10-13H2,1H3,(H2,22,25). The summed E-state index contributed by atoms with van der Waals surface area (Å²) in [6.07, 6.45) is 1.81. The summed E-state index contributed by atoms with van der Waals surface area (Å²) in [6.45, 7) is 3.69. The molecule has 0 bridgehead atoms. The Bertz CT molecular complexity index is 765. The Kier molecular flexibility index (Phi) is 5.29. The number of primary amides is 1. The molecule has 1 aliphatic rings. The number of nitrogens with two attached hydrogens (primary N) is 1. The van der Waals surface area contributed by atoms with Gasteiger partial charge in [0.05, 0.1) is 0 Å². The summed E-state index contributed by atoms with van der Waals surface area (Å²) in [4.78, 5) is 25.2. The minimum atomic E-state index is -0.462. The lowest BCUT2D eigenvalue weighted by atomic mass is 9.80. The molecule has 3 N–H and O–H groups in total. The Labute approximate surface area is 148 Å². The van der Waals surface area contributed by atoms with Gasteiger partial charge in [0, 0.05) is 17.0 Å². The van der Waals surface area contributed by atoms with Gasteiger partial charge < -0.3 is 11.1 Å². The monoisotopic (exact) mass is 336 g/mol. The topological polar surface area (TPSA) is 72.2 Å². The van der Waals surface area contributed by atoms with Crippen LogP contribution >= 0.6 is 0 Å². The zero-order valence-electron chi connectivity index (χ0n) is 14.5. The van der Waals surface area contributed by atoms with E-state index in [4.69, 9.17) is 5.73 Å². The Morgan fingerprint density at radius 2 is 1.64 bits per heavy atom. The number of carbonyl (C=O) groups excluding carboxylic acids is 2. The zero-order chi connectivity index (χ0) is 17.8. The Balaban J connectivity index is 2.04. The smallest absolute Gasteiger partial charge is 0.249 e. The van der Waals surface area contributed by atoms with Gasteiger partial charge in [0.1, 0.15) is 0 Å². The molecule has 1 aliphatic heterocycles. The van der Waals surface area contributed by atoms with E-state index in [9.17, 15) is 9.59 Å². The van der Waals surface area contributed by atoms with Crippen molar-refractivity contribution in [3.63, 3.8) is 0 Å². The quantitative estimate of drug-likeness (QED) is 0.823. The molecule has 1 amide bonds. The predicted molar refractivity (Wildman–Crippen MR) is 99.0 cm³/mol. The van der Waals surface area contributed by atoms with Crippen LogP contribution in [-0.2, 0) is 0 Å². The van der Waals surface area contributed by atoms with Crippen LogP contribution in [0.25, 0.3) is 0 Å². The van der Waals surface area contributed by atoms with Crippen molar-refractivity contribution >= 4 is 11.7 Å². The van der Waals surface area contributed by atoms with Crippen molar-refractivity contribution in [3.05, 3.63) is 70.8 Å². The van der Waals surface area contributed by atoms with Crippen molar-refractivity contribution in [2.45, 2.75) is 31.6 Å². The number of amides is 1. The van der Waals surface area contributed by atoms with Crippen molar-refractivity contribution in [1.82, 2.24) is 5.32 Å². The van der Waals surface area contributed by atoms with Gasteiger partial charge in [-0.1, -0.05) is 49.4 Å². The molecule has 2 aromatic rings. The summed E-state index contributed by atoms with van der Waals surface area (Å²) in [6, 6.07) is 15.1. The summed E-state index contributed by atoms with van der Waals surface area (Å²) in [5.74, 6) is -0.491. The lowest BCUT2D eigenvalue weighted by Gasteiger charge is -2.27. The third-order valence-electron chi connectivity index (χ3n) is 5.08. The van der Waals surface area contributed by atoms with Gasteiger partial charge in [0.25, 0.3) is 0 Å². The summed E-state index contributed by atoms with van der Waals surface area (Å²) in [5, 5.41) is 3.33. The number of benzene rings is 2. The average Bonchev–Trinajstić information content (AvgIpc) is 2.67. The van der Waals surface area contributed by atoms with Gasteiger partial charge in [-0.2, -0.15) is 0 Å². The number of Topliss-reactive ketones (excluding diaryl/α,β-unsaturated/α-hetero) is 1. The van der Waals surface area contributed by atoms with Crippen molar-refractivity contribution in [3.8, 4) is 0 Å². The highest BCUT2D eigenvalue weighted by molar-refractivity contribution is 6.05. The van der Waals surface area contributed by atoms with E-state index < -0.39 is 5.91 Å². The molecule has 0 saturated carbocycles. The van der Waals surface area contributed by atoms with Crippen LogP contribution < -0.4 is 11.1 Å². The third-order valence-corrected chi connectivity index (χ3v) is 5.08. The molecule has 1 atom stereocenters. The molecule has 1 saturated heterocycles. The van der Waals surface area contributed by atoms with E-state index in [1.165, 1.54) is 0 Å². The van der Waals surface area contributed by atoms with Gasteiger partial charge in [0.2, 0.25) is 5.91 Å². The lowest BCUT2D eigenvalue weighted by Crippen LogP contribution is -2.29. The second-order valence-electron chi connectivity index (χ2n) is 6.65. The first-order valence-electron chi connectivity index (χ1n) is 8.82. The molecule has 0 aliphatic carbocycles. The number of piperidine rings is 1. The van der Waals surface area contributed by atoms with Crippen molar-refractivity contribution < 1.29 is 9.59 Å². The van der Waals surface area contributed by atoms with Crippen molar-refractivity contribution in [1.29, 1.82) is 0 Å². The number of ketones is 1. The zero-order valence-corrected chi connectivity index (χ0v) is 14.5. The molecule has 1 unspecified atom stereocenters. The Morgan fingerprint density at radius 1 is 1.00 bits per heavy atom. The van der Waals surface area contributed by atoms with Gasteiger partial charge in [-0.25, -0.2) is 0 Å².